The molecule has 0 aliphatic carbocycles. The highest BCUT2D eigenvalue weighted by Gasteiger charge is 2.39. The highest BCUT2D eigenvalue weighted by molar-refractivity contribution is 5.85. The van der Waals surface area contributed by atoms with Crippen LogP contribution in [0.1, 0.15) is 33.1 Å². The second kappa shape index (κ2) is 10.4. The summed E-state index contributed by atoms with van der Waals surface area (Å²) < 4.78 is 10.9. The predicted molar refractivity (Wildman–Crippen MR) is 82.4 cm³/mol. The van der Waals surface area contributed by atoms with E-state index in [0.717, 1.165) is 39.0 Å². The van der Waals surface area contributed by atoms with Crippen LogP contribution in [0.5, 0.6) is 0 Å². The van der Waals surface area contributed by atoms with Gasteiger partial charge in [-0.15, -0.1) is 12.4 Å². The van der Waals surface area contributed by atoms with Gasteiger partial charge in [-0.1, -0.05) is 13.8 Å². The van der Waals surface area contributed by atoms with Crippen LogP contribution in [0.2, 0.25) is 0 Å². The normalized spacial score (nSPS) is 17.6. The first kappa shape index (κ1) is 19.6. The second-order valence-corrected chi connectivity index (χ2v) is 5.50. The highest BCUT2D eigenvalue weighted by atomic mass is 35.5. The zero-order valence-corrected chi connectivity index (χ0v) is 13.7. The third-order valence-corrected chi connectivity index (χ3v) is 3.59. The van der Waals surface area contributed by atoms with E-state index in [1.54, 1.807) is 7.11 Å². The van der Waals surface area contributed by atoms with Crippen LogP contribution in [0.15, 0.2) is 0 Å². The number of methoxy groups -OCH3 is 1. The maximum Gasteiger partial charge on any atom is 0.252 e. The van der Waals surface area contributed by atoms with E-state index in [1.165, 1.54) is 0 Å². The fourth-order valence-corrected chi connectivity index (χ4v) is 2.17. The average molecular weight is 309 g/mol. The number of carbonyl (C=O) groups excluding carboxylic acids is 1. The molecule has 20 heavy (non-hydrogen) atoms. The van der Waals surface area contributed by atoms with E-state index in [9.17, 15) is 4.79 Å². The maximum absolute atomic E-state index is 12.2. The molecule has 0 bridgehead atoms. The monoisotopic (exact) mass is 308 g/mol. The Labute approximate surface area is 128 Å². The van der Waals surface area contributed by atoms with Crippen LogP contribution < -0.4 is 10.6 Å². The Morgan fingerprint density at radius 3 is 2.50 bits per heavy atom. The number of ether oxygens (including phenoxy) is 2. The Balaban J connectivity index is 0.00000361. The summed E-state index contributed by atoms with van der Waals surface area (Å²) in [6.07, 6.45) is 2.51. The summed E-state index contributed by atoms with van der Waals surface area (Å²) in [5.74, 6) is 0.644. The number of amides is 1. The van der Waals surface area contributed by atoms with E-state index < -0.39 is 5.60 Å². The Morgan fingerprint density at radius 1 is 1.30 bits per heavy atom. The molecule has 1 aliphatic rings. The molecule has 1 amide bonds. The molecule has 0 spiro atoms. The minimum absolute atomic E-state index is 0. The van der Waals surface area contributed by atoms with Gasteiger partial charge < -0.3 is 20.1 Å². The molecule has 0 radical (unpaired) electrons. The average Bonchev–Trinajstić information content (AvgIpc) is 2.42. The highest BCUT2D eigenvalue weighted by Crippen LogP contribution is 2.22. The van der Waals surface area contributed by atoms with Gasteiger partial charge in [0, 0.05) is 20.3 Å². The molecule has 120 valence electrons. The van der Waals surface area contributed by atoms with Crippen LogP contribution in [0, 0.1) is 5.92 Å². The summed E-state index contributed by atoms with van der Waals surface area (Å²) in [4.78, 5) is 12.2. The zero-order chi connectivity index (χ0) is 14.1. The van der Waals surface area contributed by atoms with Gasteiger partial charge in [-0.3, -0.25) is 4.79 Å². The van der Waals surface area contributed by atoms with Gasteiger partial charge >= 0.3 is 0 Å². The molecule has 1 aliphatic heterocycles. The van der Waals surface area contributed by atoms with Crippen LogP contribution in [0.3, 0.4) is 0 Å². The van der Waals surface area contributed by atoms with Crippen molar-refractivity contribution in [3.63, 3.8) is 0 Å². The van der Waals surface area contributed by atoms with E-state index in [1.807, 2.05) is 0 Å². The third-order valence-electron chi connectivity index (χ3n) is 3.59. The standard InChI is InChI=1S/C14H28N2O3.ClH/c1-12(2)4-10-19-11-9-16-13(17)14(18-3)5-7-15-8-6-14;/h12,15H,4-11H2,1-3H3,(H,16,17);1H. The first-order valence-electron chi connectivity index (χ1n) is 7.22. The van der Waals surface area contributed by atoms with Gasteiger partial charge in [0.1, 0.15) is 5.60 Å². The Kier molecular flexibility index (Phi) is 10.2. The van der Waals surface area contributed by atoms with Crippen molar-refractivity contribution in [2.45, 2.75) is 38.7 Å². The second-order valence-electron chi connectivity index (χ2n) is 5.50. The van der Waals surface area contributed by atoms with Crippen LogP contribution in [0.25, 0.3) is 0 Å². The van der Waals surface area contributed by atoms with Gasteiger partial charge in [-0.25, -0.2) is 0 Å². The Hall–Kier alpha value is -0.360. The number of hydrogen-bond donors (Lipinski definition) is 2. The van der Waals surface area contributed by atoms with Crippen molar-refractivity contribution < 1.29 is 14.3 Å². The van der Waals surface area contributed by atoms with E-state index in [2.05, 4.69) is 24.5 Å². The zero-order valence-electron chi connectivity index (χ0n) is 12.9. The first-order chi connectivity index (χ1) is 9.10. The fourth-order valence-electron chi connectivity index (χ4n) is 2.17. The van der Waals surface area contributed by atoms with Crippen LogP contribution in [-0.4, -0.2) is 51.5 Å². The van der Waals surface area contributed by atoms with Gasteiger partial charge in [-0.05, 0) is 38.3 Å². The summed E-state index contributed by atoms with van der Waals surface area (Å²) in [5, 5.41) is 6.15. The van der Waals surface area contributed by atoms with Crippen molar-refractivity contribution in [1.82, 2.24) is 10.6 Å². The largest absolute Gasteiger partial charge is 0.380 e. The molecule has 1 heterocycles. The van der Waals surface area contributed by atoms with E-state index in [-0.39, 0.29) is 18.3 Å². The lowest BCUT2D eigenvalue weighted by atomic mass is 9.91. The molecule has 2 N–H and O–H groups in total. The van der Waals surface area contributed by atoms with Crippen LogP contribution >= 0.6 is 12.4 Å². The summed E-state index contributed by atoms with van der Waals surface area (Å²) in [7, 11) is 1.62. The molecule has 0 aromatic rings. The molecular weight excluding hydrogens is 280 g/mol. The van der Waals surface area contributed by atoms with Crippen molar-refractivity contribution in [3.8, 4) is 0 Å². The molecule has 0 atom stereocenters. The number of nitrogens with one attached hydrogen (secondary N) is 2. The number of carbonyl (C=O) groups is 1. The topological polar surface area (TPSA) is 59.6 Å². The van der Waals surface area contributed by atoms with Gasteiger partial charge in [0.2, 0.25) is 0 Å². The summed E-state index contributed by atoms with van der Waals surface area (Å²) in [6, 6.07) is 0. The molecular formula is C14H29ClN2O3. The van der Waals surface area contributed by atoms with E-state index in [0.29, 0.717) is 19.1 Å². The lowest BCUT2D eigenvalue weighted by Crippen LogP contribution is -2.54. The number of piperidine rings is 1. The lowest BCUT2D eigenvalue weighted by Gasteiger charge is -2.34. The van der Waals surface area contributed by atoms with Gasteiger partial charge in [0.05, 0.1) is 6.61 Å². The Bertz CT molecular complexity index is 269. The molecule has 0 unspecified atom stereocenters. The minimum atomic E-state index is -0.650. The van der Waals surface area contributed by atoms with Crippen molar-refractivity contribution in [2.75, 3.05) is 40.0 Å². The molecule has 1 rings (SSSR count). The summed E-state index contributed by atoms with van der Waals surface area (Å²) in [5.41, 5.74) is -0.650. The third kappa shape index (κ3) is 6.39. The molecule has 1 saturated heterocycles. The summed E-state index contributed by atoms with van der Waals surface area (Å²) >= 11 is 0. The maximum atomic E-state index is 12.2. The minimum Gasteiger partial charge on any atom is -0.380 e. The van der Waals surface area contributed by atoms with Gasteiger partial charge in [-0.2, -0.15) is 0 Å². The fraction of sp³-hybridized carbons (Fsp3) is 0.929. The number of rotatable bonds is 8. The molecule has 0 saturated carbocycles. The number of halogens is 1. The first-order valence-corrected chi connectivity index (χ1v) is 7.22. The quantitative estimate of drug-likeness (QED) is 0.665. The van der Waals surface area contributed by atoms with Crippen molar-refractivity contribution in [2.24, 2.45) is 5.92 Å². The predicted octanol–water partition coefficient (Wildman–Crippen LogP) is 1.36. The smallest absolute Gasteiger partial charge is 0.252 e. The van der Waals surface area contributed by atoms with Crippen LogP contribution in [-0.2, 0) is 14.3 Å². The molecule has 0 aromatic carbocycles. The molecule has 0 aromatic heterocycles. The SMILES string of the molecule is COC1(C(=O)NCCOCCC(C)C)CCNCC1.Cl. The van der Waals surface area contributed by atoms with Crippen molar-refractivity contribution >= 4 is 18.3 Å². The van der Waals surface area contributed by atoms with Crippen LogP contribution in [0.4, 0.5) is 0 Å². The Morgan fingerprint density at radius 2 is 1.95 bits per heavy atom. The van der Waals surface area contributed by atoms with Gasteiger partial charge in [0.15, 0.2) is 0 Å². The lowest BCUT2D eigenvalue weighted by molar-refractivity contribution is -0.146. The van der Waals surface area contributed by atoms with Gasteiger partial charge in [0.25, 0.3) is 5.91 Å². The van der Waals surface area contributed by atoms with Crippen molar-refractivity contribution in [1.29, 1.82) is 0 Å². The molecule has 1 fully saturated rings. The van der Waals surface area contributed by atoms with E-state index in [4.69, 9.17) is 9.47 Å². The van der Waals surface area contributed by atoms with E-state index >= 15 is 0 Å². The molecule has 5 nitrogen and oxygen atoms in total. The number of hydrogen-bond acceptors (Lipinski definition) is 4. The molecule has 6 heteroatoms. The van der Waals surface area contributed by atoms with Crippen molar-refractivity contribution in [3.05, 3.63) is 0 Å². The summed E-state index contributed by atoms with van der Waals surface area (Å²) in [6.45, 7) is 7.87.